The van der Waals surface area contributed by atoms with Crippen molar-refractivity contribution in [2.45, 2.75) is 19.0 Å². The summed E-state index contributed by atoms with van der Waals surface area (Å²) in [6, 6.07) is 2.36. The molecule has 0 radical (unpaired) electrons. The predicted molar refractivity (Wildman–Crippen MR) is 68.0 cm³/mol. The Hall–Kier alpha value is 0.0900. The molecular formula is C9H10Br2N2OS. The highest BCUT2D eigenvalue weighted by Gasteiger charge is 2.20. The zero-order chi connectivity index (χ0) is 10.8. The molecule has 1 fully saturated rings. The Morgan fingerprint density at radius 2 is 2.40 bits per heavy atom. The van der Waals surface area contributed by atoms with Gasteiger partial charge in [-0.05, 0) is 37.9 Å². The predicted octanol–water partition coefficient (Wildman–Crippen LogP) is 2.25. The third kappa shape index (κ3) is 3.03. The molecule has 1 aromatic rings. The second-order valence-corrected chi connectivity index (χ2v) is 6.73. The van der Waals surface area contributed by atoms with Gasteiger partial charge in [-0.25, -0.2) is 0 Å². The fraction of sp³-hybridized carbons (Fsp3) is 0.444. The van der Waals surface area contributed by atoms with Gasteiger partial charge in [-0.1, -0.05) is 0 Å². The lowest BCUT2D eigenvalue weighted by molar-refractivity contribution is -0.119. The Morgan fingerprint density at radius 1 is 1.60 bits per heavy atom. The molecule has 0 spiro atoms. The van der Waals surface area contributed by atoms with Gasteiger partial charge in [0.1, 0.15) is 0 Å². The smallest absolute Gasteiger partial charge is 0.221 e. The highest BCUT2D eigenvalue weighted by molar-refractivity contribution is 9.13. The van der Waals surface area contributed by atoms with Gasteiger partial charge in [0.05, 0.1) is 3.79 Å². The number of carbonyl (C=O) groups excluding carboxylic acids is 1. The molecule has 1 aromatic heterocycles. The number of amides is 1. The molecule has 0 saturated carbocycles. The first-order valence-electron chi connectivity index (χ1n) is 4.59. The molecule has 0 aromatic carbocycles. The molecule has 15 heavy (non-hydrogen) atoms. The van der Waals surface area contributed by atoms with E-state index in [9.17, 15) is 4.79 Å². The van der Waals surface area contributed by atoms with Gasteiger partial charge >= 0.3 is 0 Å². The summed E-state index contributed by atoms with van der Waals surface area (Å²) in [4.78, 5) is 12.2. The Bertz CT molecular complexity index is 361. The lowest BCUT2D eigenvalue weighted by atomic mass is 10.2. The van der Waals surface area contributed by atoms with E-state index >= 15 is 0 Å². The van der Waals surface area contributed by atoms with E-state index in [1.54, 1.807) is 11.3 Å². The molecule has 0 bridgehead atoms. The summed E-state index contributed by atoms with van der Waals surface area (Å²) in [5.41, 5.74) is 0. The van der Waals surface area contributed by atoms with Crippen LogP contribution < -0.4 is 10.6 Å². The van der Waals surface area contributed by atoms with Crippen molar-refractivity contribution >= 4 is 49.1 Å². The van der Waals surface area contributed by atoms with Crippen molar-refractivity contribution in [3.8, 4) is 0 Å². The van der Waals surface area contributed by atoms with Gasteiger partial charge in [0.2, 0.25) is 5.91 Å². The minimum Gasteiger partial charge on any atom is -0.354 e. The van der Waals surface area contributed by atoms with Crippen LogP contribution in [-0.4, -0.2) is 18.5 Å². The maximum Gasteiger partial charge on any atom is 0.221 e. The Balaban J connectivity index is 1.85. The second kappa shape index (κ2) is 4.95. The summed E-state index contributed by atoms with van der Waals surface area (Å²) in [5.74, 6) is 0.140. The molecule has 1 atom stereocenters. The number of hydrogen-bond acceptors (Lipinski definition) is 3. The third-order valence-corrected chi connectivity index (χ3v) is 5.49. The van der Waals surface area contributed by atoms with E-state index in [0.29, 0.717) is 6.42 Å². The number of carbonyl (C=O) groups is 1. The Kier molecular flexibility index (Phi) is 3.82. The summed E-state index contributed by atoms with van der Waals surface area (Å²) in [6.07, 6.45) is 0.591. The van der Waals surface area contributed by atoms with Crippen LogP contribution in [0, 0.1) is 0 Å². The van der Waals surface area contributed by atoms with Gasteiger partial charge in [-0.15, -0.1) is 11.3 Å². The number of nitrogens with one attached hydrogen (secondary N) is 2. The van der Waals surface area contributed by atoms with Crippen LogP contribution in [0.5, 0.6) is 0 Å². The summed E-state index contributed by atoms with van der Waals surface area (Å²) in [7, 11) is 0. The van der Waals surface area contributed by atoms with Crippen molar-refractivity contribution in [1.29, 1.82) is 0 Å². The molecular weight excluding hydrogens is 344 g/mol. The van der Waals surface area contributed by atoms with Crippen molar-refractivity contribution < 1.29 is 4.79 Å². The lowest BCUT2D eigenvalue weighted by Gasteiger charge is -2.08. The monoisotopic (exact) mass is 352 g/mol. The van der Waals surface area contributed by atoms with Gasteiger partial charge in [0.25, 0.3) is 0 Å². The van der Waals surface area contributed by atoms with Gasteiger partial charge in [-0.2, -0.15) is 0 Å². The van der Waals surface area contributed by atoms with Crippen LogP contribution in [0.25, 0.3) is 0 Å². The molecule has 0 aliphatic carbocycles. The first kappa shape index (κ1) is 11.6. The molecule has 6 heteroatoms. The largest absolute Gasteiger partial charge is 0.354 e. The molecule has 1 amide bonds. The minimum atomic E-state index is 0.140. The molecule has 2 heterocycles. The van der Waals surface area contributed by atoms with Crippen molar-refractivity contribution in [3.63, 3.8) is 0 Å². The summed E-state index contributed by atoms with van der Waals surface area (Å²) in [5, 5.41) is 6.16. The summed E-state index contributed by atoms with van der Waals surface area (Å²) in [6.45, 7) is 1.56. The molecule has 2 N–H and O–H groups in total. The van der Waals surface area contributed by atoms with Gasteiger partial charge < -0.3 is 10.6 Å². The van der Waals surface area contributed by atoms with Crippen LogP contribution in [-0.2, 0) is 11.3 Å². The average Bonchev–Trinajstić information content (AvgIpc) is 2.72. The zero-order valence-electron chi connectivity index (χ0n) is 7.85. The molecule has 1 aliphatic rings. The normalized spacial score (nSPS) is 20.7. The van der Waals surface area contributed by atoms with E-state index in [4.69, 9.17) is 0 Å². The number of thiophene rings is 1. The van der Waals surface area contributed by atoms with Gasteiger partial charge in [0, 0.05) is 34.9 Å². The fourth-order valence-electron chi connectivity index (χ4n) is 1.47. The van der Waals surface area contributed by atoms with E-state index in [1.165, 1.54) is 4.88 Å². The first-order valence-corrected chi connectivity index (χ1v) is 6.99. The summed E-state index contributed by atoms with van der Waals surface area (Å²) >= 11 is 8.61. The number of rotatable bonds is 3. The first-order chi connectivity index (χ1) is 7.15. The molecule has 1 unspecified atom stereocenters. The minimum absolute atomic E-state index is 0.140. The van der Waals surface area contributed by atoms with E-state index in [1.807, 2.05) is 0 Å². The van der Waals surface area contributed by atoms with Crippen LogP contribution in [0.1, 0.15) is 11.3 Å². The zero-order valence-corrected chi connectivity index (χ0v) is 11.8. The van der Waals surface area contributed by atoms with E-state index in [0.717, 1.165) is 21.3 Å². The Labute approximate surface area is 109 Å². The van der Waals surface area contributed by atoms with E-state index < -0.39 is 0 Å². The van der Waals surface area contributed by atoms with Crippen LogP contribution in [0.4, 0.5) is 0 Å². The molecule has 2 rings (SSSR count). The highest BCUT2D eigenvalue weighted by atomic mass is 79.9. The van der Waals surface area contributed by atoms with Crippen molar-refractivity contribution in [3.05, 3.63) is 19.2 Å². The third-order valence-electron chi connectivity index (χ3n) is 2.24. The van der Waals surface area contributed by atoms with Crippen LogP contribution in [0.2, 0.25) is 0 Å². The quantitative estimate of drug-likeness (QED) is 0.875. The Morgan fingerprint density at radius 3 is 2.93 bits per heavy atom. The van der Waals surface area contributed by atoms with Crippen LogP contribution in [0.15, 0.2) is 14.3 Å². The molecule has 3 nitrogen and oxygen atoms in total. The molecule has 1 saturated heterocycles. The average molecular weight is 354 g/mol. The van der Waals surface area contributed by atoms with Crippen molar-refractivity contribution in [1.82, 2.24) is 10.6 Å². The van der Waals surface area contributed by atoms with Gasteiger partial charge in [0.15, 0.2) is 0 Å². The standard InChI is InChI=1S/C9H10Br2N2OS/c10-7-2-6(15-9(7)11)4-12-5-1-8(14)13-3-5/h2,5,12H,1,3-4H2,(H,13,14). The molecule has 82 valence electrons. The maximum absolute atomic E-state index is 11.0. The second-order valence-electron chi connectivity index (χ2n) is 3.42. The lowest BCUT2D eigenvalue weighted by Crippen LogP contribution is -2.30. The fourth-order valence-corrected chi connectivity index (χ4v) is 3.60. The van der Waals surface area contributed by atoms with E-state index in [-0.39, 0.29) is 11.9 Å². The number of hydrogen-bond donors (Lipinski definition) is 2. The summed E-state index contributed by atoms with van der Waals surface area (Å²) < 4.78 is 2.20. The van der Waals surface area contributed by atoms with Crippen LogP contribution in [0.3, 0.4) is 0 Å². The topological polar surface area (TPSA) is 41.1 Å². The van der Waals surface area contributed by atoms with Gasteiger partial charge in [-0.3, -0.25) is 4.79 Å². The highest BCUT2D eigenvalue weighted by Crippen LogP contribution is 2.32. The SMILES string of the molecule is O=C1CC(NCc2cc(Br)c(Br)s2)CN1. The van der Waals surface area contributed by atoms with Crippen LogP contribution >= 0.6 is 43.2 Å². The van der Waals surface area contributed by atoms with E-state index in [2.05, 4.69) is 48.6 Å². The van der Waals surface area contributed by atoms with Crippen molar-refractivity contribution in [2.24, 2.45) is 0 Å². The number of halogens is 2. The van der Waals surface area contributed by atoms with Crippen molar-refractivity contribution in [2.75, 3.05) is 6.54 Å². The molecule has 1 aliphatic heterocycles. The maximum atomic E-state index is 11.0.